The molecule has 0 unspecified atom stereocenters. The summed E-state index contributed by atoms with van der Waals surface area (Å²) >= 11 is 1.16. The molecule has 0 saturated carbocycles. The highest BCUT2D eigenvalue weighted by Crippen LogP contribution is 2.29. The van der Waals surface area contributed by atoms with E-state index in [-0.39, 0.29) is 53.3 Å². The summed E-state index contributed by atoms with van der Waals surface area (Å²) in [5.74, 6) is -0.596. The van der Waals surface area contributed by atoms with Gasteiger partial charge in [0.15, 0.2) is 0 Å². The fourth-order valence-corrected chi connectivity index (χ4v) is 7.56. The van der Waals surface area contributed by atoms with E-state index in [2.05, 4.69) is 5.32 Å². The van der Waals surface area contributed by atoms with E-state index in [4.69, 9.17) is 9.47 Å². The van der Waals surface area contributed by atoms with Gasteiger partial charge in [0, 0.05) is 43.9 Å². The number of anilines is 1. The molecule has 4 atom stereocenters. The van der Waals surface area contributed by atoms with Gasteiger partial charge < -0.3 is 24.8 Å². The van der Waals surface area contributed by atoms with Gasteiger partial charge in [0.1, 0.15) is 9.96 Å². The number of ether oxygens (including phenoxy) is 2. The van der Waals surface area contributed by atoms with Crippen LogP contribution in [-0.4, -0.2) is 86.1 Å². The third-order valence-corrected chi connectivity index (χ3v) is 11.1. The Morgan fingerprint density at radius 3 is 2.58 bits per heavy atom. The van der Waals surface area contributed by atoms with Crippen molar-refractivity contribution < 1.29 is 32.6 Å². The summed E-state index contributed by atoms with van der Waals surface area (Å²) < 4.78 is 40.5. The molecule has 0 aliphatic carbocycles. The summed E-state index contributed by atoms with van der Waals surface area (Å²) in [6.45, 7) is 6.04. The molecule has 2 amide bonds. The molecule has 244 valence electrons. The molecule has 12 heteroatoms. The summed E-state index contributed by atoms with van der Waals surface area (Å²) in [5.41, 5.74) is 1.17. The minimum atomic E-state index is -3.71. The first-order chi connectivity index (χ1) is 21.5. The topological polar surface area (TPSA) is 125 Å². The quantitative estimate of drug-likeness (QED) is 0.345. The number of nitrogens with one attached hydrogen (secondary N) is 1. The molecule has 2 N–H and O–H groups in total. The van der Waals surface area contributed by atoms with Gasteiger partial charge in [-0.3, -0.25) is 9.59 Å². The lowest BCUT2D eigenvalue weighted by Gasteiger charge is -2.35. The van der Waals surface area contributed by atoms with Crippen molar-refractivity contribution in [2.75, 3.05) is 38.7 Å². The van der Waals surface area contributed by atoms with Crippen LogP contribution in [0.3, 0.4) is 0 Å². The van der Waals surface area contributed by atoms with E-state index in [1.165, 1.54) is 11.4 Å². The number of rotatable bonds is 8. The standard InChI is InChI=1S/C33H43N3O7S2/c1-23-20-36(24(2)22-37)33(39)28-19-27(34-32(38)26-12-6-5-7-13-26)15-16-29(28)43-25(3)11-8-9-17-42-30(23)21-35(4)45(40,41)31-14-10-18-44-31/h5-7,10,12-16,18-19,23-25,30,37H,8-9,11,17,20-22H2,1-4H3,(H,34,38)/t23-,24+,25-,30-/m1/s1. The Balaban J connectivity index is 1.65. The number of benzene rings is 2. The van der Waals surface area contributed by atoms with Crippen molar-refractivity contribution in [3.63, 3.8) is 0 Å². The monoisotopic (exact) mass is 657 g/mol. The van der Waals surface area contributed by atoms with Gasteiger partial charge in [0.05, 0.1) is 30.4 Å². The first-order valence-corrected chi connectivity index (χ1v) is 17.5. The number of carbonyl (C=O) groups excluding carboxylic acids is 2. The number of aliphatic hydroxyl groups is 1. The first kappa shape index (κ1) is 34.6. The molecule has 10 nitrogen and oxygen atoms in total. The molecule has 1 aromatic heterocycles. The molecule has 1 aliphatic heterocycles. The van der Waals surface area contributed by atoms with Crippen molar-refractivity contribution in [1.82, 2.24) is 9.21 Å². The highest BCUT2D eigenvalue weighted by atomic mass is 32.2. The van der Waals surface area contributed by atoms with Crippen molar-refractivity contribution in [3.05, 3.63) is 77.2 Å². The Morgan fingerprint density at radius 1 is 1.13 bits per heavy atom. The second kappa shape index (κ2) is 15.8. The minimum absolute atomic E-state index is 0.0999. The molecular weight excluding hydrogens is 615 g/mol. The van der Waals surface area contributed by atoms with Gasteiger partial charge in [-0.25, -0.2) is 8.42 Å². The van der Waals surface area contributed by atoms with Gasteiger partial charge in [0.25, 0.3) is 21.8 Å². The molecule has 4 rings (SSSR count). The first-order valence-electron chi connectivity index (χ1n) is 15.2. The number of fused-ring (bicyclic) bond motifs is 1. The Labute approximate surface area is 270 Å². The van der Waals surface area contributed by atoms with E-state index < -0.39 is 22.2 Å². The van der Waals surface area contributed by atoms with E-state index >= 15 is 0 Å². The number of likely N-dealkylation sites (N-methyl/N-ethyl adjacent to an activating group) is 1. The summed E-state index contributed by atoms with van der Waals surface area (Å²) in [5, 5.41) is 14.8. The smallest absolute Gasteiger partial charge is 0.258 e. The zero-order valence-electron chi connectivity index (χ0n) is 26.2. The van der Waals surface area contributed by atoms with Gasteiger partial charge in [-0.2, -0.15) is 4.31 Å². The third kappa shape index (κ3) is 8.92. The lowest BCUT2D eigenvalue weighted by molar-refractivity contribution is -0.00832. The van der Waals surface area contributed by atoms with E-state index in [9.17, 15) is 23.1 Å². The molecule has 3 aromatic rings. The van der Waals surface area contributed by atoms with E-state index in [1.54, 1.807) is 71.8 Å². The van der Waals surface area contributed by atoms with Crippen LogP contribution in [-0.2, 0) is 14.8 Å². The van der Waals surface area contributed by atoms with Crippen LogP contribution in [0.1, 0.15) is 60.7 Å². The van der Waals surface area contributed by atoms with Gasteiger partial charge in [-0.15, -0.1) is 11.3 Å². The van der Waals surface area contributed by atoms with Crippen LogP contribution in [0.4, 0.5) is 5.69 Å². The number of hydrogen-bond donors (Lipinski definition) is 2. The van der Waals surface area contributed by atoms with Gasteiger partial charge in [-0.05, 0) is 74.9 Å². The molecule has 2 aromatic carbocycles. The molecule has 0 spiro atoms. The third-order valence-electron chi connectivity index (χ3n) is 7.94. The minimum Gasteiger partial charge on any atom is -0.490 e. The predicted molar refractivity (Wildman–Crippen MR) is 175 cm³/mol. The second-order valence-electron chi connectivity index (χ2n) is 11.5. The van der Waals surface area contributed by atoms with Crippen LogP contribution in [0.15, 0.2) is 70.3 Å². The maximum Gasteiger partial charge on any atom is 0.258 e. The maximum absolute atomic E-state index is 14.3. The Kier molecular flexibility index (Phi) is 12.2. The number of carbonyl (C=O) groups is 2. The normalized spacial score (nSPS) is 21.0. The molecule has 0 bridgehead atoms. The molecule has 1 aliphatic rings. The Bertz CT molecular complexity index is 1520. The number of thiophene rings is 1. The molecule has 2 heterocycles. The van der Waals surface area contributed by atoms with Crippen molar-refractivity contribution in [2.45, 2.75) is 62.5 Å². The highest BCUT2D eigenvalue weighted by Gasteiger charge is 2.32. The Morgan fingerprint density at radius 2 is 1.89 bits per heavy atom. The molecule has 0 fully saturated rings. The van der Waals surface area contributed by atoms with Crippen LogP contribution in [0.5, 0.6) is 5.75 Å². The van der Waals surface area contributed by atoms with Gasteiger partial charge in [0.2, 0.25) is 0 Å². The van der Waals surface area contributed by atoms with Crippen molar-refractivity contribution in [3.8, 4) is 5.75 Å². The summed E-state index contributed by atoms with van der Waals surface area (Å²) in [6.07, 6.45) is 1.56. The number of amides is 2. The maximum atomic E-state index is 14.3. The zero-order valence-corrected chi connectivity index (χ0v) is 27.9. The van der Waals surface area contributed by atoms with Crippen LogP contribution in [0.2, 0.25) is 0 Å². The summed E-state index contributed by atoms with van der Waals surface area (Å²) in [4.78, 5) is 28.7. The predicted octanol–water partition coefficient (Wildman–Crippen LogP) is 5.12. The SMILES string of the molecule is C[C@@H]1CCCCO[C@H](CN(C)S(=O)(=O)c2cccs2)[C@H](C)CN([C@@H](C)CO)C(=O)c2cc(NC(=O)c3ccccc3)ccc2O1. The molecule has 0 radical (unpaired) electrons. The van der Waals surface area contributed by atoms with E-state index in [1.807, 2.05) is 19.9 Å². The molecule has 0 saturated heterocycles. The fraction of sp³-hybridized carbons (Fsp3) is 0.455. The van der Waals surface area contributed by atoms with Crippen LogP contribution < -0.4 is 10.1 Å². The second-order valence-corrected chi connectivity index (χ2v) is 14.8. The lowest BCUT2D eigenvalue weighted by Crippen LogP contribution is -2.48. The van der Waals surface area contributed by atoms with E-state index in [0.29, 0.717) is 30.0 Å². The highest BCUT2D eigenvalue weighted by molar-refractivity contribution is 7.91. The van der Waals surface area contributed by atoms with Crippen molar-refractivity contribution >= 4 is 38.9 Å². The average Bonchev–Trinajstić information content (AvgIpc) is 3.59. The number of nitrogens with zero attached hydrogens (tertiary/aromatic N) is 2. The fourth-order valence-electron chi connectivity index (χ4n) is 5.17. The van der Waals surface area contributed by atoms with Crippen molar-refractivity contribution in [2.24, 2.45) is 5.92 Å². The Hall–Kier alpha value is -3.29. The van der Waals surface area contributed by atoms with E-state index in [0.717, 1.165) is 24.2 Å². The van der Waals surface area contributed by atoms with Crippen LogP contribution >= 0.6 is 11.3 Å². The largest absolute Gasteiger partial charge is 0.490 e. The number of aliphatic hydroxyl groups excluding tert-OH is 1. The summed E-state index contributed by atoms with van der Waals surface area (Å²) in [6, 6.07) is 16.5. The lowest BCUT2D eigenvalue weighted by atomic mass is 10.0. The number of hydrogen-bond acceptors (Lipinski definition) is 8. The average molecular weight is 658 g/mol. The molecular formula is C33H43N3O7S2. The summed E-state index contributed by atoms with van der Waals surface area (Å²) in [7, 11) is -2.17. The molecule has 45 heavy (non-hydrogen) atoms. The zero-order chi connectivity index (χ0) is 32.6. The van der Waals surface area contributed by atoms with Crippen LogP contribution in [0.25, 0.3) is 0 Å². The van der Waals surface area contributed by atoms with Crippen molar-refractivity contribution in [1.29, 1.82) is 0 Å². The van der Waals surface area contributed by atoms with Gasteiger partial charge >= 0.3 is 0 Å². The number of sulfonamides is 1. The van der Waals surface area contributed by atoms with Crippen LogP contribution in [0, 0.1) is 5.92 Å². The van der Waals surface area contributed by atoms with Gasteiger partial charge in [-0.1, -0.05) is 31.2 Å².